The molecule has 0 bridgehead atoms. The second kappa shape index (κ2) is 12.1. The molecule has 0 aliphatic carbocycles. The average Bonchev–Trinajstić information content (AvgIpc) is 2.94. The third-order valence-corrected chi connectivity index (χ3v) is 6.93. The summed E-state index contributed by atoms with van der Waals surface area (Å²) in [5.41, 5.74) is 11.7. The molecule has 206 valence electrons. The topological polar surface area (TPSA) is 103 Å². The third-order valence-electron chi connectivity index (χ3n) is 6.93. The number of rotatable bonds is 8. The summed E-state index contributed by atoms with van der Waals surface area (Å²) in [5, 5.41) is 7.03. The Labute approximate surface area is 235 Å². The largest absolute Gasteiger partial charge is 0.383 e. The standard InChI is InChI=1S/C31H36N8O/c1-37(2)16-6-11-28(40)33-24-8-4-7-22(21-24)26-9-5-10-27-29(26)35-31(36-30(27)32)34-23-12-14-25(15-13-23)39-19-17-38(3)18-20-39/h4-15,21H,16-20H2,1-3H3,(H,33,40)(H3,32,34,35,36)/b11-6+. The first kappa shape index (κ1) is 27.1. The molecule has 1 amide bonds. The highest BCUT2D eigenvalue weighted by molar-refractivity contribution is 6.02. The predicted octanol–water partition coefficient (Wildman–Crippen LogP) is 4.43. The second-order valence-corrected chi connectivity index (χ2v) is 10.3. The van der Waals surface area contributed by atoms with E-state index >= 15 is 0 Å². The Morgan fingerprint density at radius 1 is 0.975 bits per heavy atom. The number of hydrogen-bond donors (Lipinski definition) is 3. The van der Waals surface area contributed by atoms with E-state index in [1.807, 2.05) is 79.7 Å². The lowest BCUT2D eigenvalue weighted by Crippen LogP contribution is -2.44. The van der Waals surface area contributed by atoms with Gasteiger partial charge in [0.25, 0.3) is 0 Å². The number of piperazine rings is 1. The molecule has 40 heavy (non-hydrogen) atoms. The number of aromatic nitrogens is 2. The van der Waals surface area contributed by atoms with Crippen molar-refractivity contribution in [3.8, 4) is 11.1 Å². The van der Waals surface area contributed by atoms with Gasteiger partial charge < -0.3 is 31.1 Å². The Morgan fingerprint density at radius 3 is 2.48 bits per heavy atom. The van der Waals surface area contributed by atoms with Gasteiger partial charge in [-0.3, -0.25) is 4.79 Å². The fourth-order valence-corrected chi connectivity index (χ4v) is 4.73. The fourth-order valence-electron chi connectivity index (χ4n) is 4.73. The molecule has 0 atom stereocenters. The first-order chi connectivity index (χ1) is 19.4. The summed E-state index contributed by atoms with van der Waals surface area (Å²) in [6.07, 6.45) is 3.38. The summed E-state index contributed by atoms with van der Waals surface area (Å²) in [6, 6.07) is 21.9. The molecule has 9 heteroatoms. The van der Waals surface area contributed by atoms with Crippen molar-refractivity contribution in [2.75, 3.05) is 75.1 Å². The molecule has 0 spiro atoms. The van der Waals surface area contributed by atoms with Crippen LogP contribution < -0.4 is 21.3 Å². The molecule has 3 aromatic carbocycles. The quantitative estimate of drug-likeness (QED) is 0.284. The molecule has 2 heterocycles. The second-order valence-electron chi connectivity index (χ2n) is 10.3. The third kappa shape index (κ3) is 6.56. The SMILES string of the molecule is CN(C)C/C=C/C(=O)Nc1cccc(-c2cccc3c(N)nc(Nc4ccc(N5CCN(C)CC5)cc4)nc23)c1. The maximum atomic E-state index is 12.4. The molecule has 4 N–H and O–H groups in total. The summed E-state index contributed by atoms with van der Waals surface area (Å²) in [6.45, 7) is 4.87. The highest BCUT2D eigenvalue weighted by atomic mass is 16.1. The zero-order valence-corrected chi connectivity index (χ0v) is 23.3. The van der Waals surface area contributed by atoms with Gasteiger partial charge in [-0.05, 0) is 69.2 Å². The van der Waals surface area contributed by atoms with Gasteiger partial charge in [0.1, 0.15) is 5.82 Å². The highest BCUT2D eigenvalue weighted by Crippen LogP contribution is 2.32. The minimum Gasteiger partial charge on any atom is -0.383 e. The number of para-hydroxylation sites is 1. The average molecular weight is 537 g/mol. The Morgan fingerprint density at radius 2 is 1.73 bits per heavy atom. The number of carbonyl (C=O) groups excluding carboxylic acids is 1. The number of nitrogen functional groups attached to an aromatic ring is 1. The van der Waals surface area contributed by atoms with Gasteiger partial charge in [-0.25, -0.2) is 4.98 Å². The molecule has 0 saturated carbocycles. The molecule has 1 aliphatic heterocycles. The van der Waals surface area contributed by atoms with Gasteiger partial charge in [-0.1, -0.05) is 30.3 Å². The molecular formula is C31H36N8O. The predicted molar refractivity (Wildman–Crippen MR) is 165 cm³/mol. The van der Waals surface area contributed by atoms with Crippen LogP contribution in [0.5, 0.6) is 0 Å². The number of benzene rings is 3. The first-order valence-corrected chi connectivity index (χ1v) is 13.5. The van der Waals surface area contributed by atoms with E-state index in [1.54, 1.807) is 6.08 Å². The lowest BCUT2D eigenvalue weighted by atomic mass is 10.0. The molecule has 0 unspecified atom stereocenters. The van der Waals surface area contributed by atoms with Crippen molar-refractivity contribution in [2.24, 2.45) is 0 Å². The Hall–Kier alpha value is -4.47. The van der Waals surface area contributed by atoms with Crippen molar-refractivity contribution in [2.45, 2.75) is 0 Å². The zero-order valence-electron chi connectivity index (χ0n) is 23.3. The van der Waals surface area contributed by atoms with Gasteiger partial charge in [0.15, 0.2) is 0 Å². The summed E-state index contributed by atoms with van der Waals surface area (Å²) < 4.78 is 0. The van der Waals surface area contributed by atoms with Crippen LogP contribution in [0.2, 0.25) is 0 Å². The van der Waals surface area contributed by atoms with Gasteiger partial charge in [0, 0.05) is 66.8 Å². The zero-order chi connectivity index (χ0) is 28.1. The van der Waals surface area contributed by atoms with Gasteiger partial charge >= 0.3 is 0 Å². The summed E-state index contributed by atoms with van der Waals surface area (Å²) in [7, 11) is 6.07. The van der Waals surface area contributed by atoms with Crippen LogP contribution in [0.3, 0.4) is 0 Å². The molecular weight excluding hydrogens is 500 g/mol. The summed E-state index contributed by atoms with van der Waals surface area (Å²) >= 11 is 0. The van der Waals surface area contributed by atoms with Crippen LogP contribution in [0.1, 0.15) is 0 Å². The molecule has 9 nitrogen and oxygen atoms in total. The Balaban J connectivity index is 1.37. The Bertz CT molecular complexity index is 1510. The van der Waals surface area contributed by atoms with E-state index in [2.05, 4.69) is 44.6 Å². The van der Waals surface area contributed by atoms with Crippen molar-refractivity contribution in [1.29, 1.82) is 0 Å². The van der Waals surface area contributed by atoms with E-state index in [0.29, 0.717) is 24.0 Å². The summed E-state index contributed by atoms with van der Waals surface area (Å²) in [4.78, 5) is 28.5. The van der Waals surface area contributed by atoms with Crippen molar-refractivity contribution in [3.63, 3.8) is 0 Å². The monoisotopic (exact) mass is 536 g/mol. The minimum atomic E-state index is -0.173. The fraction of sp³-hybridized carbons (Fsp3) is 0.258. The lowest BCUT2D eigenvalue weighted by molar-refractivity contribution is -0.111. The van der Waals surface area contributed by atoms with E-state index < -0.39 is 0 Å². The smallest absolute Gasteiger partial charge is 0.248 e. The van der Waals surface area contributed by atoms with Crippen LogP contribution in [0.15, 0.2) is 78.9 Å². The lowest BCUT2D eigenvalue weighted by Gasteiger charge is -2.34. The molecule has 4 aromatic rings. The number of anilines is 5. The minimum absolute atomic E-state index is 0.173. The molecule has 1 saturated heterocycles. The van der Waals surface area contributed by atoms with Crippen molar-refractivity contribution in [1.82, 2.24) is 19.8 Å². The van der Waals surface area contributed by atoms with E-state index in [1.165, 1.54) is 5.69 Å². The van der Waals surface area contributed by atoms with Crippen LogP contribution in [-0.2, 0) is 4.79 Å². The number of nitrogens with two attached hydrogens (primary N) is 1. The molecule has 1 fully saturated rings. The normalized spacial score (nSPS) is 14.2. The van der Waals surface area contributed by atoms with Crippen molar-refractivity contribution in [3.05, 3.63) is 78.9 Å². The van der Waals surface area contributed by atoms with Crippen LogP contribution in [0.4, 0.5) is 28.8 Å². The highest BCUT2D eigenvalue weighted by Gasteiger charge is 2.15. The van der Waals surface area contributed by atoms with Crippen LogP contribution >= 0.6 is 0 Å². The van der Waals surface area contributed by atoms with Crippen LogP contribution in [0, 0.1) is 0 Å². The molecule has 1 aliphatic rings. The van der Waals surface area contributed by atoms with Crippen molar-refractivity contribution >= 4 is 45.6 Å². The Kier molecular flexibility index (Phi) is 8.23. The van der Waals surface area contributed by atoms with E-state index in [-0.39, 0.29) is 5.91 Å². The van der Waals surface area contributed by atoms with Gasteiger partial charge in [0.05, 0.1) is 5.52 Å². The van der Waals surface area contributed by atoms with Gasteiger partial charge in [-0.2, -0.15) is 4.98 Å². The molecule has 0 radical (unpaired) electrons. The maximum absolute atomic E-state index is 12.4. The maximum Gasteiger partial charge on any atom is 0.248 e. The molecule has 5 rings (SSSR count). The number of amides is 1. The van der Waals surface area contributed by atoms with Crippen LogP contribution in [-0.4, -0.2) is 79.5 Å². The first-order valence-electron chi connectivity index (χ1n) is 13.5. The number of fused-ring (bicyclic) bond motifs is 1. The number of nitrogens with one attached hydrogen (secondary N) is 2. The number of nitrogens with zero attached hydrogens (tertiary/aromatic N) is 5. The van der Waals surface area contributed by atoms with E-state index in [9.17, 15) is 4.79 Å². The van der Waals surface area contributed by atoms with E-state index in [4.69, 9.17) is 10.7 Å². The van der Waals surface area contributed by atoms with Gasteiger partial charge in [0.2, 0.25) is 11.9 Å². The summed E-state index contributed by atoms with van der Waals surface area (Å²) in [5.74, 6) is 0.660. The number of carbonyl (C=O) groups is 1. The number of likely N-dealkylation sites (N-methyl/N-ethyl adjacent to an activating group) is 2. The number of hydrogen-bond acceptors (Lipinski definition) is 8. The van der Waals surface area contributed by atoms with Crippen LogP contribution in [0.25, 0.3) is 22.0 Å². The van der Waals surface area contributed by atoms with Crippen molar-refractivity contribution < 1.29 is 4.79 Å². The van der Waals surface area contributed by atoms with Gasteiger partial charge in [-0.15, -0.1) is 0 Å². The molecule has 1 aromatic heterocycles. The van der Waals surface area contributed by atoms with E-state index in [0.717, 1.165) is 53.9 Å².